The van der Waals surface area contributed by atoms with Gasteiger partial charge in [0.1, 0.15) is 10.4 Å². The van der Waals surface area contributed by atoms with Crippen molar-refractivity contribution in [3.8, 4) is 5.88 Å². The predicted molar refractivity (Wildman–Crippen MR) is 130 cm³/mol. The van der Waals surface area contributed by atoms with Crippen LogP contribution in [0.2, 0.25) is 0 Å². The first-order valence-electron chi connectivity index (χ1n) is 11.2. The highest BCUT2D eigenvalue weighted by molar-refractivity contribution is 7.91. The topological polar surface area (TPSA) is 129 Å². The second-order valence-electron chi connectivity index (χ2n) is 9.27. The summed E-state index contributed by atoms with van der Waals surface area (Å²) in [7, 11) is -0.577. The number of nitrogens with two attached hydrogens (primary N) is 2. The van der Waals surface area contributed by atoms with Crippen molar-refractivity contribution >= 4 is 37.5 Å². The number of hydrogen-bond donors (Lipinski definition) is 2. The van der Waals surface area contributed by atoms with Gasteiger partial charge >= 0.3 is 0 Å². The molecule has 3 heterocycles. The van der Waals surface area contributed by atoms with E-state index in [4.69, 9.17) is 16.3 Å². The molecule has 1 aliphatic carbocycles. The number of rotatable bonds is 6. The van der Waals surface area contributed by atoms with Crippen molar-refractivity contribution in [3.05, 3.63) is 29.7 Å². The zero-order valence-electron chi connectivity index (χ0n) is 20.2. The molecule has 0 radical (unpaired) electrons. The largest absolute Gasteiger partial charge is 0.480 e. The Balaban J connectivity index is 2.04. The monoisotopic (exact) mass is 508 g/mol. The second-order valence-corrected chi connectivity index (χ2v) is 11.3. The molecule has 0 unspecified atom stereocenters. The van der Waals surface area contributed by atoms with Crippen LogP contribution < -0.4 is 16.3 Å². The van der Waals surface area contributed by atoms with Crippen LogP contribution in [0.15, 0.2) is 29.1 Å². The maximum Gasteiger partial charge on any atom is 0.248 e. The van der Waals surface area contributed by atoms with Gasteiger partial charge in [0, 0.05) is 50.1 Å². The van der Waals surface area contributed by atoms with Gasteiger partial charge in [-0.15, -0.1) is 0 Å². The van der Waals surface area contributed by atoms with Crippen molar-refractivity contribution in [1.82, 2.24) is 19.5 Å². The number of hydrogen-bond acceptors (Lipinski definition) is 8. The summed E-state index contributed by atoms with van der Waals surface area (Å²) in [4.78, 5) is 8.88. The molecule has 0 bridgehead atoms. The summed E-state index contributed by atoms with van der Waals surface area (Å²) in [6.45, 7) is 2.06. The van der Waals surface area contributed by atoms with Gasteiger partial charge in [0.15, 0.2) is 9.84 Å². The fraction of sp³-hybridized carbons (Fsp3) is 0.478. The Morgan fingerprint density at radius 3 is 2.49 bits per heavy atom. The molecule has 4 rings (SSSR count). The van der Waals surface area contributed by atoms with Crippen molar-refractivity contribution < 1.29 is 21.9 Å². The lowest BCUT2D eigenvalue weighted by Crippen LogP contribution is -2.27. The average molecular weight is 509 g/mol. The highest BCUT2D eigenvalue weighted by Gasteiger charge is 2.36. The summed E-state index contributed by atoms with van der Waals surface area (Å²) in [6, 6.07) is 1.83. The van der Waals surface area contributed by atoms with E-state index in [1.54, 1.807) is 20.2 Å². The minimum absolute atomic E-state index is 0.0238. The maximum absolute atomic E-state index is 13.8. The van der Waals surface area contributed by atoms with Gasteiger partial charge in [-0.25, -0.2) is 28.0 Å². The summed E-state index contributed by atoms with van der Waals surface area (Å²) < 4.78 is 60.4. The Morgan fingerprint density at radius 2 is 1.94 bits per heavy atom. The number of nitrogens with zero attached hydrogens (tertiary/aromatic N) is 4. The van der Waals surface area contributed by atoms with Gasteiger partial charge < -0.3 is 20.0 Å². The van der Waals surface area contributed by atoms with Crippen molar-refractivity contribution in [1.29, 1.82) is 0 Å². The smallest absolute Gasteiger partial charge is 0.248 e. The molecule has 3 aromatic heterocycles. The summed E-state index contributed by atoms with van der Waals surface area (Å²) >= 11 is 0. The number of ether oxygens (including phenoxy) is 1. The molecule has 9 nitrogen and oxygen atoms in total. The molecule has 1 aliphatic rings. The number of halogens is 2. The third-order valence-corrected chi connectivity index (χ3v) is 7.62. The highest BCUT2D eigenvalue weighted by Crippen LogP contribution is 2.41. The first-order chi connectivity index (χ1) is 16.3. The number of aromatic nitrogens is 3. The second kappa shape index (κ2) is 8.90. The van der Waals surface area contributed by atoms with E-state index in [9.17, 15) is 17.2 Å². The van der Waals surface area contributed by atoms with Crippen LogP contribution in [0.25, 0.3) is 27.6 Å². The van der Waals surface area contributed by atoms with Gasteiger partial charge in [-0.3, -0.25) is 4.98 Å². The summed E-state index contributed by atoms with van der Waals surface area (Å²) in [5.74, 6) is 3.51. The number of sulfone groups is 1. The Bertz CT molecular complexity index is 1420. The molecule has 1 fully saturated rings. The third-order valence-electron chi connectivity index (χ3n) is 6.52. The number of hydrazine groups is 1. The zero-order valence-corrected chi connectivity index (χ0v) is 21.0. The molecule has 0 aliphatic heterocycles. The quantitative estimate of drug-likeness (QED) is 0.383. The predicted octanol–water partition coefficient (Wildman–Crippen LogP) is 3.27. The van der Waals surface area contributed by atoms with Gasteiger partial charge in [0.2, 0.25) is 11.8 Å². The van der Waals surface area contributed by atoms with Crippen molar-refractivity contribution in [2.45, 2.75) is 50.0 Å². The number of allylic oxidation sites excluding steroid dienone is 1. The number of alkyl halides is 2. The molecule has 12 heteroatoms. The SMILES string of the molecule is COc1ncc(S(C)(=O)=O)c2c1c1ncc(/C(=C(\C)N)N(C)N)cc1n2CC1CCC(F)(F)CC1. The Kier molecular flexibility index (Phi) is 6.39. The van der Waals surface area contributed by atoms with Crippen molar-refractivity contribution in [3.63, 3.8) is 0 Å². The molecule has 190 valence electrons. The van der Waals surface area contributed by atoms with Crippen LogP contribution >= 0.6 is 0 Å². The molecule has 3 aromatic rings. The molecule has 0 saturated heterocycles. The van der Waals surface area contributed by atoms with E-state index in [0.29, 0.717) is 58.3 Å². The summed E-state index contributed by atoms with van der Waals surface area (Å²) in [6.07, 6.45) is 4.25. The van der Waals surface area contributed by atoms with Crippen LogP contribution in [0.3, 0.4) is 0 Å². The third kappa shape index (κ3) is 4.64. The highest BCUT2D eigenvalue weighted by atomic mass is 32.2. The van der Waals surface area contributed by atoms with Gasteiger partial charge in [-0.1, -0.05) is 0 Å². The molecular weight excluding hydrogens is 478 g/mol. The Hall–Kier alpha value is -2.99. The van der Waals surface area contributed by atoms with Crippen LogP contribution in [0.1, 0.15) is 38.2 Å². The van der Waals surface area contributed by atoms with E-state index in [1.165, 1.54) is 18.3 Å². The summed E-state index contributed by atoms with van der Waals surface area (Å²) in [5, 5.41) is 1.84. The van der Waals surface area contributed by atoms with Gasteiger partial charge in [0.05, 0.1) is 35.4 Å². The maximum atomic E-state index is 13.8. The van der Waals surface area contributed by atoms with Crippen LogP contribution in [-0.4, -0.2) is 54.3 Å². The average Bonchev–Trinajstić information content (AvgIpc) is 3.07. The van der Waals surface area contributed by atoms with E-state index < -0.39 is 15.8 Å². The van der Waals surface area contributed by atoms with Gasteiger partial charge in [-0.05, 0) is 31.7 Å². The number of fused-ring (bicyclic) bond motifs is 3. The van der Waals surface area contributed by atoms with Crippen molar-refractivity contribution in [2.75, 3.05) is 20.4 Å². The lowest BCUT2D eigenvalue weighted by Gasteiger charge is -2.29. The lowest BCUT2D eigenvalue weighted by molar-refractivity contribution is -0.0471. The summed E-state index contributed by atoms with van der Waals surface area (Å²) in [5.41, 5.74) is 9.25. The number of methoxy groups -OCH3 is 1. The molecule has 0 atom stereocenters. The van der Waals surface area contributed by atoms with Crippen LogP contribution in [0.4, 0.5) is 8.78 Å². The van der Waals surface area contributed by atoms with Crippen LogP contribution in [-0.2, 0) is 16.4 Å². The van der Waals surface area contributed by atoms with Crippen LogP contribution in [0.5, 0.6) is 5.88 Å². The van der Waals surface area contributed by atoms with E-state index >= 15 is 0 Å². The Morgan fingerprint density at radius 1 is 1.29 bits per heavy atom. The molecule has 0 spiro atoms. The standard InChI is InChI=1S/C23H30F2N6O3S/c1-13(26)20(30(2)27)15-9-16-19(28-10-15)18-21(17(35(4,32)33)11-29-22(18)34-3)31(16)12-14-5-7-23(24,25)8-6-14/h9-11,14H,5-8,12,26-27H2,1-4H3/b20-13-. The fourth-order valence-corrected chi connectivity index (χ4v) is 5.72. The number of pyridine rings is 2. The van der Waals surface area contributed by atoms with E-state index in [2.05, 4.69) is 9.97 Å². The van der Waals surface area contributed by atoms with E-state index in [0.717, 1.165) is 6.26 Å². The minimum atomic E-state index is -3.68. The zero-order chi connectivity index (χ0) is 25.7. The normalized spacial score (nSPS) is 17.6. The molecule has 4 N–H and O–H groups in total. The van der Waals surface area contributed by atoms with Crippen LogP contribution in [0, 0.1) is 5.92 Å². The van der Waals surface area contributed by atoms with E-state index in [1.807, 2.05) is 10.6 Å². The molecule has 35 heavy (non-hydrogen) atoms. The fourth-order valence-electron chi connectivity index (χ4n) is 4.92. The van der Waals surface area contributed by atoms with Crippen molar-refractivity contribution in [2.24, 2.45) is 17.5 Å². The van der Waals surface area contributed by atoms with Gasteiger partial charge in [-0.2, -0.15) is 0 Å². The molecular formula is C23H30F2N6O3S. The first kappa shape index (κ1) is 25.1. The van der Waals surface area contributed by atoms with E-state index in [-0.39, 0.29) is 29.5 Å². The minimum Gasteiger partial charge on any atom is -0.480 e. The molecule has 1 saturated carbocycles. The lowest BCUT2D eigenvalue weighted by atomic mass is 9.86. The van der Waals surface area contributed by atoms with Gasteiger partial charge in [0.25, 0.3) is 0 Å². The Labute approximate surface area is 202 Å². The first-order valence-corrected chi connectivity index (χ1v) is 13.1. The molecule has 0 amide bonds. The molecule has 0 aromatic carbocycles.